The molecular formula is C30H27F2N7O4. The highest BCUT2D eigenvalue weighted by Gasteiger charge is 2.48. The fraction of sp³-hybridized carbons (Fsp3) is 0.267. The number of rotatable bonds is 5. The molecule has 0 spiro atoms. The zero-order valence-corrected chi connectivity index (χ0v) is 23.2. The first kappa shape index (κ1) is 26.7. The Morgan fingerprint density at radius 1 is 1.14 bits per heavy atom. The third-order valence-corrected chi connectivity index (χ3v) is 7.95. The van der Waals surface area contributed by atoms with E-state index in [1.165, 1.54) is 0 Å². The summed E-state index contributed by atoms with van der Waals surface area (Å²) in [6, 6.07) is 13.2. The van der Waals surface area contributed by atoms with Crippen molar-refractivity contribution < 1.29 is 27.8 Å². The van der Waals surface area contributed by atoms with Crippen molar-refractivity contribution in [3.8, 4) is 39.5 Å². The second-order valence-corrected chi connectivity index (χ2v) is 10.7. The maximum atomic E-state index is 14.4. The highest BCUT2D eigenvalue weighted by atomic mass is 19.3. The van der Waals surface area contributed by atoms with Crippen LogP contribution in [0.3, 0.4) is 0 Å². The minimum atomic E-state index is -3.09. The summed E-state index contributed by atoms with van der Waals surface area (Å²) in [5.74, 6) is -2.83. The lowest BCUT2D eigenvalue weighted by Gasteiger charge is -2.27. The molecule has 1 saturated heterocycles. The summed E-state index contributed by atoms with van der Waals surface area (Å²) in [5, 5.41) is 3.32. The van der Waals surface area contributed by atoms with Gasteiger partial charge < -0.3 is 34.2 Å². The number of imidazole rings is 2. The van der Waals surface area contributed by atoms with Gasteiger partial charge in [0.15, 0.2) is 6.23 Å². The molecule has 220 valence electrons. The molecule has 1 fully saturated rings. The van der Waals surface area contributed by atoms with Crippen LogP contribution in [0.5, 0.6) is 5.75 Å². The number of amides is 2. The van der Waals surface area contributed by atoms with E-state index in [4.69, 9.17) is 4.74 Å². The number of nitrogens with one attached hydrogen (secondary N) is 3. The van der Waals surface area contributed by atoms with Crippen molar-refractivity contribution in [2.24, 2.45) is 0 Å². The lowest BCUT2D eigenvalue weighted by molar-refractivity contribution is -0.132. The van der Waals surface area contributed by atoms with Gasteiger partial charge in [0.2, 0.25) is 5.91 Å². The molecule has 5 aromatic rings. The number of carbonyl (C=O) groups excluding carboxylic acids is 2. The second-order valence-electron chi connectivity index (χ2n) is 10.7. The molecule has 0 aliphatic carbocycles. The molecule has 0 radical (unpaired) electrons. The third kappa shape index (κ3) is 4.66. The molecule has 2 atom stereocenters. The van der Waals surface area contributed by atoms with Crippen LogP contribution in [-0.4, -0.2) is 67.5 Å². The van der Waals surface area contributed by atoms with Crippen molar-refractivity contribution in [1.29, 1.82) is 0 Å². The first-order valence-electron chi connectivity index (χ1n) is 13.7. The highest BCUT2D eigenvalue weighted by molar-refractivity contribution is 5.92. The number of hydrogen-bond acceptors (Lipinski definition) is 6. The number of halogens is 2. The largest absolute Gasteiger partial charge is 0.470 e. The molecule has 11 nitrogen and oxygen atoms in total. The number of H-pyrrole nitrogens is 2. The van der Waals surface area contributed by atoms with Crippen LogP contribution in [-0.2, 0) is 9.53 Å². The summed E-state index contributed by atoms with van der Waals surface area (Å²) in [6.45, 7) is 0.752. The molecule has 5 heterocycles. The van der Waals surface area contributed by atoms with E-state index in [1.807, 2.05) is 25.1 Å². The highest BCUT2D eigenvalue weighted by Crippen LogP contribution is 2.45. The van der Waals surface area contributed by atoms with Crippen molar-refractivity contribution in [3.63, 3.8) is 0 Å². The van der Waals surface area contributed by atoms with Crippen molar-refractivity contribution in [1.82, 2.24) is 34.7 Å². The Bertz CT molecular complexity index is 1860. The minimum Gasteiger partial charge on any atom is -0.470 e. The number of carbonyl (C=O) groups is 2. The molecule has 2 aliphatic rings. The monoisotopic (exact) mass is 587 g/mol. The third-order valence-electron chi connectivity index (χ3n) is 7.95. The molecular weight excluding hydrogens is 560 g/mol. The number of methoxy groups -OCH3 is 1. The molecule has 7 rings (SSSR count). The van der Waals surface area contributed by atoms with Crippen LogP contribution in [0.2, 0.25) is 0 Å². The Labute approximate surface area is 243 Å². The van der Waals surface area contributed by atoms with Crippen LogP contribution >= 0.6 is 0 Å². The topological polar surface area (TPSA) is 130 Å². The molecule has 2 unspecified atom stereocenters. The summed E-state index contributed by atoms with van der Waals surface area (Å²) in [7, 11) is 1.15. The molecule has 0 saturated carbocycles. The number of benzene rings is 2. The summed E-state index contributed by atoms with van der Waals surface area (Å²) in [4.78, 5) is 39.9. The Kier molecular flexibility index (Phi) is 6.18. The molecule has 0 bridgehead atoms. The summed E-state index contributed by atoms with van der Waals surface area (Å²) < 4.78 is 41.8. The zero-order chi connectivity index (χ0) is 29.9. The van der Waals surface area contributed by atoms with Gasteiger partial charge in [0, 0.05) is 28.5 Å². The van der Waals surface area contributed by atoms with Crippen molar-refractivity contribution in [2.45, 2.75) is 31.5 Å². The van der Waals surface area contributed by atoms with Gasteiger partial charge in [-0.05, 0) is 37.3 Å². The second kappa shape index (κ2) is 9.96. The fourth-order valence-electron chi connectivity index (χ4n) is 5.95. The molecule has 3 N–H and O–H groups in total. The number of aromatic amines is 2. The Hall–Kier alpha value is -5.20. The molecule has 3 aromatic heterocycles. The van der Waals surface area contributed by atoms with Crippen molar-refractivity contribution >= 4 is 22.9 Å². The van der Waals surface area contributed by atoms with Crippen LogP contribution in [0.25, 0.3) is 44.7 Å². The summed E-state index contributed by atoms with van der Waals surface area (Å²) in [6.07, 6.45) is 3.32. The van der Waals surface area contributed by atoms with Crippen LogP contribution in [0.4, 0.5) is 13.6 Å². The number of alkyl halides is 2. The molecule has 13 heteroatoms. The van der Waals surface area contributed by atoms with E-state index in [2.05, 4.69) is 58.8 Å². The molecule has 43 heavy (non-hydrogen) atoms. The Morgan fingerprint density at radius 3 is 2.74 bits per heavy atom. The van der Waals surface area contributed by atoms with Crippen LogP contribution in [0.1, 0.15) is 31.4 Å². The number of alkyl carbamates (subject to hydrolysis) is 1. The van der Waals surface area contributed by atoms with E-state index >= 15 is 0 Å². The van der Waals surface area contributed by atoms with Gasteiger partial charge in [-0.2, -0.15) is 0 Å². The first-order chi connectivity index (χ1) is 20.7. The standard InChI is InChI=1S/C30H27F2N7O4/c1-16-39-23-6-4-17(21-11-33-15-36-21)7-19(23)8-24(39)20-5-3-18(9-26(20)43-16)22-12-34-28(37-22)25-10-30(31,32)14-38(25)27(40)13-35-29(41)42-2/h3-9,11-12,15-16,25H,10,13-14H2,1-2H3,(H,33,36)(H,34,37)(H,35,41). The Balaban J connectivity index is 1.17. The predicted molar refractivity (Wildman–Crippen MR) is 152 cm³/mol. The van der Waals surface area contributed by atoms with E-state index < -0.39 is 43.5 Å². The van der Waals surface area contributed by atoms with E-state index in [9.17, 15) is 18.4 Å². The van der Waals surface area contributed by atoms with E-state index in [0.29, 0.717) is 11.4 Å². The zero-order valence-electron chi connectivity index (χ0n) is 23.2. The van der Waals surface area contributed by atoms with E-state index in [-0.39, 0.29) is 12.1 Å². The van der Waals surface area contributed by atoms with Crippen molar-refractivity contribution in [2.75, 3.05) is 20.2 Å². The van der Waals surface area contributed by atoms with Gasteiger partial charge >= 0.3 is 6.09 Å². The average Bonchev–Trinajstić information content (AvgIpc) is 3.80. The molecule has 2 amide bonds. The minimum absolute atomic E-state index is 0.235. The van der Waals surface area contributed by atoms with Gasteiger partial charge in [0.1, 0.15) is 18.1 Å². The van der Waals surface area contributed by atoms with Gasteiger partial charge in [0.25, 0.3) is 5.92 Å². The quantitative estimate of drug-likeness (QED) is 0.257. The smallest absolute Gasteiger partial charge is 0.407 e. The summed E-state index contributed by atoms with van der Waals surface area (Å²) in [5.41, 5.74) is 6.31. The van der Waals surface area contributed by atoms with E-state index in [0.717, 1.165) is 51.0 Å². The van der Waals surface area contributed by atoms with Gasteiger partial charge in [-0.25, -0.2) is 23.5 Å². The maximum absolute atomic E-state index is 14.4. The SMILES string of the molecule is COC(=O)NCC(=O)N1CC(F)(F)CC1c1ncc(-c2ccc3c(c2)OC(C)n2c-3cc3cc(-c4cnc[nH]4)ccc32)[nH]1. The first-order valence-corrected chi connectivity index (χ1v) is 13.7. The van der Waals surface area contributed by atoms with Gasteiger partial charge in [-0.3, -0.25) is 4.79 Å². The normalized spacial score (nSPS) is 18.7. The fourth-order valence-corrected chi connectivity index (χ4v) is 5.95. The van der Waals surface area contributed by atoms with Crippen LogP contribution in [0.15, 0.2) is 61.2 Å². The number of likely N-dealkylation sites (tertiary alicyclic amines) is 1. The lowest BCUT2D eigenvalue weighted by atomic mass is 10.0. The number of nitrogens with zero attached hydrogens (tertiary/aromatic N) is 4. The van der Waals surface area contributed by atoms with E-state index in [1.54, 1.807) is 18.7 Å². The van der Waals surface area contributed by atoms with Crippen LogP contribution < -0.4 is 10.1 Å². The predicted octanol–water partition coefficient (Wildman–Crippen LogP) is 5.26. The van der Waals surface area contributed by atoms with Gasteiger partial charge in [-0.15, -0.1) is 0 Å². The lowest BCUT2D eigenvalue weighted by Crippen LogP contribution is -2.41. The summed E-state index contributed by atoms with van der Waals surface area (Å²) >= 11 is 0. The molecule has 2 aliphatic heterocycles. The van der Waals surface area contributed by atoms with Gasteiger partial charge in [0.05, 0.1) is 61.0 Å². The number of hydrogen-bond donors (Lipinski definition) is 3. The Morgan fingerprint density at radius 2 is 1.95 bits per heavy atom. The molecule has 2 aromatic carbocycles. The maximum Gasteiger partial charge on any atom is 0.407 e. The van der Waals surface area contributed by atoms with Crippen molar-refractivity contribution in [3.05, 3.63) is 67.0 Å². The van der Waals surface area contributed by atoms with Gasteiger partial charge in [-0.1, -0.05) is 12.1 Å². The number of ether oxygens (including phenoxy) is 2. The number of aromatic nitrogens is 5. The average molecular weight is 588 g/mol. The number of fused-ring (bicyclic) bond motifs is 5. The van der Waals surface area contributed by atoms with Crippen LogP contribution in [0, 0.1) is 0 Å².